The van der Waals surface area contributed by atoms with Gasteiger partial charge in [0, 0.05) is 4.47 Å². The van der Waals surface area contributed by atoms with Gasteiger partial charge in [-0.1, -0.05) is 35.7 Å². The third-order valence-corrected chi connectivity index (χ3v) is 4.84. The van der Waals surface area contributed by atoms with Crippen molar-refractivity contribution in [2.75, 3.05) is 6.61 Å². The fourth-order valence-corrected chi connectivity index (χ4v) is 3.33. The lowest BCUT2D eigenvalue weighted by atomic mass is 10.2. The van der Waals surface area contributed by atoms with Crippen molar-refractivity contribution >= 4 is 33.2 Å². The molecule has 1 aromatic carbocycles. The van der Waals surface area contributed by atoms with Gasteiger partial charge in [0.2, 0.25) is 0 Å². The zero-order valence-electron chi connectivity index (χ0n) is 12.6. The van der Waals surface area contributed by atoms with Crippen molar-refractivity contribution in [2.24, 2.45) is 0 Å². The van der Waals surface area contributed by atoms with E-state index in [9.17, 15) is 9.90 Å². The molecular weight excluding hydrogens is 366 g/mol. The third kappa shape index (κ3) is 4.08. The van der Waals surface area contributed by atoms with Crippen LogP contribution < -0.4 is 4.74 Å². The van der Waals surface area contributed by atoms with E-state index in [4.69, 9.17) is 4.74 Å². The van der Waals surface area contributed by atoms with Crippen molar-refractivity contribution in [3.05, 3.63) is 33.2 Å². The quantitative estimate of drug-likeness (QED) is 0.671. The van der Waals surface area contributed by atoms with E-state index in [1.165, 1.54) is 11.3 Å². The summed E-state index contributed by atoms with van der Waals surface area (Å²) in [6, 6.07) is 5.72. The van der Waals surface area contributed by atoms with E-state index >= 15 is 0 Å². The molecule has 0 atom stereocenters. The van der Waals surface area contributed by atoms with Crippen LogP contribution in [0, 0.1) is 6.92 Å². The Hall–Kier alpha value is -1.40. The van der Waals surface area contributed by atoms with Crippen LogP contribution in [-0.2, 0) is 0 Å². The molecule has 0 spiro atoms. The van der Waals surface area contributed by atoms with Crippen LogP contribution in [-0.4, -0.2) is 22.7 Å². The molecule has 4 nitrogen and oxygen atoms in total. The summed E-state index contributed by atoms with van der Waals surface area (Å²) >= 11 is 4.62. The number of benzene rings is 1. The average Bonchev–Trinajstić information content (AvgIpc) is 2.87. The second kappa shape index (κ2) is 7.74. The van der Waals surface area contributed by atoms with Gasteiger partial charge in [-0.15, -0.1) is 11.3 Å². The van der Waals surface area contributed by atoms with Gasteiger partial charge in [0.05, 0.1) is 17.9 Å². The Balaban J connectivity index is 2.30. The number of unbranched alkanes of at least 4 members (excludes halogenated alkanes) is 2. The summed E-state index contributed by atoms with van der Waals surface area (Å²) in [5.41, 5.74) is 1.36. The predicted octanol–water partition coefficient (Wildman–Crippen LogP) is 5.15. The smallest absolute Gasteiger partial charge is 0.347 e. The van der Waals surface area contributed by atoms with Gasteiger partial charge in [-0.2, -0.15) is 0 Å². The maximum absolute atomic E-state index is 11.2. The zero-order chi connectivity index (χ0) is 16.1. The highest BCUT2D eigenvalue weighted by Gasteiger charge is 2.18. The Morgan fingerprint density at radius 3 is 2.82 bits per heavy atom. The number of halogens is 1. The molecule has 1 aromatic heterocycles. The molecule has 0 saturated heterocycles. The summed E-state index contributed by atoms with van der Waals surface area (Å²) in [6.07, 6.45) is 3.28. The molecule has 0 amide bonds. The van der Waals surface area contributed by atoms with Gasteiger partial charge in [0.25, 0.3) is 0 Å². The number of carboxylic acids is 1. The molecule has 22 heavy (non-hydrogen) atoms. The molecule has 2 rings (SSSR count). The minimum absolute atomic E-state index is 0.270. The van der Waals surface area contributed by atoms with Crippen LogP contribution in [0.1, 0.15) is 41.6 Å². The van der Waals surface area contributed by atoms with Gasteiger partial charge < -0.3 is 9.84 Å². The fraction of sp³-hybridized carbons (Fsp3) is 0.375. The third-order valence-electron chi connectivity index (χ3n) is 3.17. The highest BCUT2D eigenvalue weighted by atomic mass is 79.9. The number of thiazole rings is 1. The molecule has 0 unspecified atom stereocenters. The molecule has 0 saturated carbocycles. The monoisotopic (exact) mass is 383 g/mol. The second-order valence-corrected chi connectivity index (χ2v) is 6.85. The molecule has 0 fully saturated rings. The van der Waals surface area contributed by atoms with Crippen molar-refractivity contribution in [3.63, 3.8) is 0 Å². The molecule has 0 aliphatic heterocycles. The van der Waals surface area contributed by atoms with Crippen LogP contribution in [0.3, 0.4) is 0 Å². The molecular formula is C16H18BrNO3S. The average molecular weight is 384 g/mol. The minimum Gasteiger partial charge on any atom is -0.493 e. The maximum atomic E-state index is 11.2. The highest BCUT2D eigenvalue weighted by Crippen LogP contribution is 2.36. The van der Waals surface area contributed by atoms with Crippen LogP contribution in [0.4, 0.5) is 0 Å². The maximum Gasteiger partial charge on any atom is 0.347 e. The lowest BCUT2D eigenvalue weighted by molar-refractivity contribution is 0.0701. The number of hydrogen-bond donors (Lipinski definition) is 1. The molecule has 1 N–H and O–H groups in total. The standard InChI is InChI=1S/C16H18BrNO3S/c1-3-4-5-8-21-13-7-6-11(17)9-12(13)15-18-10(2)14(22-15)16(19)20/h6-7,9H,3-5,8H2,1-2H3,(H,19,20). The summed E-state index contributed by atoms with van der Waals surface area (Å²) in [6.45, 7) is 4.51. The first-order chi connectivity index (χ1) is 10.5. The topological polar surface area (TPSA) is 59.4 Å². The van der Waals surface area contributed by atoms with Crippen molar-refractivity contribution in [3.8, 4) is 16.3 Å². The van der Waals surface area contributed by atoms with E-state index in [2.05, 4.69) is 27.8 Å². The van der Waals surface area contributed by atoms with Gasteiger partial charge in [0.1, 0.15) is 15.6 Å². The van der Waals surface area contributed by atoms with E-state index in [1.807, 2.05) is 18.2 Å². The Bertz CT molecular complexity index is 669. The number of carboxylic acid groups (broad SMARTS) is 1. The van der Waals surface area contributed by atoms with E-state index in [-0.39, 0.29) is 4.88 Å². The van der Waals surface area contributed by atoms with Gasteiger partial charge in [-0.05, 0) is 31.5 Å². The molecule has 2 aromatic rings. The number of aryl methyl sites for hydroxylation is 1. The van der Waals surface area contributed by atoms with E-state index in [1.54, 1.807) is 6.92 Å². The van der Waals surface area contributed by atoms with Crippen LogP contribution in [0.25, 0.3) is 10.6 Å². The van der Waals surface area contributed by atoms with Crippen LogP contribution in [0.2, 0.25) is 0 Å². The van der Waals surface area contributed by atoms with Gasteiger partial charge in [0.15, 0.2) is 0 Å². The van der Waals surface area contributed by atoms with E-state index in [0.29, 0.717) is 17.3 Å². The Morgan fingerprint density at radius 2 is 2.18 bits per heavy atom. The largest absolute Gasteiger partial charge is 0.493 e. The fourth-order valence-electron chi connectivity index (χ4n) is 2.04. The first-order valence-corrected chi connectivity index (χ1v) is 8.77. The van der Waals surface area contributed by atoms with Gasteiger partial charge in [-0.25, -0.2) is 9.78 Å². The summed E-state index contributed by atoms with van der Waals surface area (Å²) in [7, 11) is 0. The molecule has 1 heterocycles. The summed E-state index contributed by atoms with van der Waals surface area (Å²) in [5, 5.41) is 9.85. The summed E-state index contributed by atoms with van der Waals surface area (Å²) in [5.74, 6) is -0.202. The molecule has 0 radical (unpaired) electrons. The summed E-state index contributed by atoms with van der Waals surface area (Å²) < 4.78 is 6.77. The minimum atomic E-state index is -0.943. The zero-order valence-corrected chi connectivity index (χ0v) is 15.0. The molecule has 0 aliphatic rings. The van der Waals surface area contributed by atoms with Crippen molar-refractivity contribution < 1.29 is 14.6 Å². The summed E-state index contributed by atoms with van der Waals surface area (Å²) in [4.78, 5) is 15.8. The van der Waals surface area contributed by atoms with E-state index < -0.39 is 5.97 Å². The van der Waals surface area contributed by atoms with Crippen molar-refractivity contribution in [1.29, 1.82) is 0 Å². The number of ether oxygens (including phenoxy) is 1. The SMILES string of the molecule is CCCCCOc1ccc(Br)cc1-c1nc(C)c(C(=O)O)s1. The lowest BCUT2D eigenvalue weighted by Crippen LogP contribution is -1.98. The second-order valence-electron chi connectivity index (χ2n) is 4.93. The number of rotatable bonds is 7. The Kier molecular flexibility index (Phi) is 5.97. The Labute approximate surface area is 142 Å². The van der Waals surface area contributed by atoms with Crippen molar-refractivity contribution in [1.82, 2.24) is 4.98 Å². The predicted molar refractivity (Wildman–Crippen MR) is 92.0 cm³/mol. The number of hydrogen-bond acceptors (Lipinski definition) is 4. The van der Waals surface area contributed by atoms with Crippen LogP contribution in [0.15, 0.2) is 22.7 Å². The first kappa shape index (κ1) is 17.0. The normalized spacial score (nSPS) is 10.7. The van der Waals surface area contributed by atoms with Gasteiger partial charge in [-0.3, -0.25) is 0 Å². The molecule has 0 bridgehead atoms. The molecule has 118 valence electrons. The first-order valence-electron chi connectivity index (χ1n) is 7.16. The lowest BCUT2D eigenvalue weighted by Gasteiger charge is -2.10. The number of aromatic carboxylic acids is 1. The highest BCUT2D eigenvalue weighted by molar-refractivity contribution is 9.10. The van der Waals surface area contributed by atoms with E-state index in [0.717, 1.165) is 35.0 Å². The van der Waals surface area contributed by atoms with Gasteiger partial charge >= 0.3 is 5.97 Å². The van der Waals surface area contributed by atoms with Crippen LogP contribution in [0.5, 0.6) is 5.75 Å². The number of aromatic nitrogens is 1. The number of nitrogens with zero attached hydrogens (tertiary/aromatic N) is 1. The number of carbonyl (C=O) groups is 1. The van der Waals surface area contributed by atoms with Crippen LogP contribution >= 0.6 is 27.3 Å². The molecule has 6 heteroatoms. The molecule has 0 aliphatic carbocycles. The van der Waals surface area contributed by atoms with Crippen molar-refractivity contribution in [2.45, 2.75) is 33.1 Å². The Morgan fingerprint density at radius 1 is 1.41 bits per heavy atom.